The van der Waals surface area contributed by atoms with E-state index in [1.165, 1.54) is 5.69 Å². The van der Waals surface area contributed by atoms with Gasteiger partial charge in [-0.25, -0.2) is 0 Å². The Kier molecular flexibility index (Phi) is 4.81. The van der Waals surface area contributed by atoms with Crippen LogP contribution in [0.25, 0.3) is 0 Å². The molecular weight excluding hydrogens is 344 g/mol. The average Bonchev–Trinajstić information content (AvgIpc) is 3.36. The topological polar surface area (TPSA) is 81.1 Å². The van der Waals surface area contributed by atoms with Gasteiger partial charge in [-0.3, -0.25) is 19.1 Å². The summed E-state index contributed by atoms with van der Waals surface area (Å²) >= 11 is 0. The molecule has 4 heterocycles. The summed E-state index contributed by atoms with van der Waals surface area (Å²) in [4.78, 5) is 14.6. The largest absolute Gasteiger partial charge is 0.465 e. The molecule has 4 rings (SSSR count). The highest BCUT2D eigenvalue weighted by Gasteiger charge is 2.26. The number of hydrogen-bond donors (Lipinski definition) is 1. The molecule has 0 saturated carbocycles. The highest BCUT2D eigenvalue weighted by molar-refractivity contribution is 5.92. The molecule has 1 aliphatic rings. The molecular formula is C19H24N6O2. The normalized spacial score (nSPS) is 17.0. The van der Waals surface area contributed by atoms with Crippen LogP contribution in [0.15, 0.2) is 41.1 Å². The van der Waals surface area contributed by atoms with Crippen molar-refractivity contribution >= 4 is 5.91 Å². The number of furan rings is 1. The van der Waals surface area contributed by atoms with Crippen molar-refractivity contribution < 1.29 is 9.21 Å². The van der Waals surface area contributed by atoms with Crippen molar-refractivity contribution in [1.29, 1.82) is 0 Å². The summed E-state index contributed by atoms with van der Waals surface area (Å²) in [5, 5.41) is 11.5. The lowest BCUT2D eigenvalue weighted by Gasteiger charge is -2.33. The van der Waals surface area contributed by atoms with Gasteiger partial charge in [0.05, 0.1) is 18.3 Å². The van der Waals surface area contributed by atoms with E-state index in [2.05, 4.69) is 31.2 Å². The minimum absolute atomic E-state index is 0.102. The number of nitrogens with zero attached hydrogens (tertiary/aromatic N) is 5. The Labute approximate surface area is 157 Å². The second-order valence-electron chi connectivity index (χ2n) is 6.99. The summed E-state index contributed by atoms with van der Waals surface area (Å²) < 4.78 is 9.39. The standard InChI is InChI=1S/C19H24N6O2/c1-14-3-4-17(27-14)13-24-11-15(25-16(12-24)6-9-22-25)5-8-20-19(26)18-7-10-21-23(18)2/h3-4,6-7,9-10,15H,5,8,11-13H2,1-2H3,(H,20,26)/t15-/m0/s1. The van der Waals surface area contributed by atoms with Gasteiger partial charge in [0.25, 0.3) is 5.91 Å². The molecule has 0 aromatic carbocycles. The molecule has 1 amide bonds. The molecule has 0 unspecified atom stereocenters. The zero-order chi connectivity index (χ0) is 18.8. The molecule has 1 N–H and O–H groups in total. The van der Waals surface area contributed by atoms with E-state index in [1.807, 2.05) is 25.3 Å². The summed E-state index contributed by atoms with van der Waals surface area (Å²) in [6.45, 7) is 5.04. The molecule has 3 aromatic rings. The monoisotopic (exact) mass is 368 g/mol. The van der Waals surface area contributed by atoms with Crippen LogP contribution in [0.2, 0.25) is 0 Å². The van der Waals surface area contributed by atoms with Crippen molar-refractivity contribution in [2.75, 3.05) is 13.1 Å². The molecule has 0 aliphatic carbocycles. The van der Waals surface area contributed by atoms with Gasteiger partial charge in [-0.05, 0) is 37.6 Å². The Bertz CT molecular complexity index is 924. The molecule has 142 valence electrons. The van der Waals surface area contributed by atoms with Crippen LogP contribution in [-0.4, -0.2) is 43.5 Å². The van der Waals surface area contributed by atoms with Gasteiger partial charge in [-0.1, -0.05) is 0 Å². The first-order valence-electron chi connectivity index (χ1n) is 9.16. The third kappa shape index (κ3) is 3.80. The fourth-order valence-corrected chi connectivity index (χ4v) is 3.63. The van der Waals surface area contributed by atoms with Crippen molar-refractivity contribution in [3.8, 4) is 0 Å². The van der Waals surface area contributed by atoms with Gasteiger partial charge in [0.15, 0.2) is 0 Å². The third-order valence-corrected chi connectivity index (χ3v) is 4.94. The third-order valence-electron chi connectivity index (χ3n) is 4.94. The summed E-state index contributed by atoms with van der Waals surface area (Å²) in [6.07, 6.45) is 4.28. The predicted molar refractivity (Wildman–Crippen MR) is 99.0 cm³/mol. The SMILES string of the molecule is Cc1ccc(CN2Cc3ccnn3[C@@H](CCNC(=O)c3ccnn3C)C2)o1. The summed E-state index contributed by atoms with van der Waals surface area (Å²) in [7, 11) is 1.76. The summed E-state index contributed by atoms with van der Waals surface area (Å²) in [6, 6.07) is 8.01. The van der Waals surface area contributed by atoms with E-state index < -0.39 is 0 Å². The number of nitrogens with one attached hydrogen (secondary N) is 1. The second kappa shape index (κ2) is 7.40. The van der Waals surface area contributed by atoms with Crippen LogP contribution in [0.4, 0.5) is 0 Å². The molecule has 0 spiro atoms. The highest BCUT2D eigenvalue weighted by atomic mass is 16.3. The first kappa shape index (κ1) is 17.5. The fourth-order valence-electron chi connectivity index (χ4n) is 3.63. The van der Waals surface area contributed by atoms with Crippen molar-refractivity contribution in [2.45, 2.75) is 32.5 Å². The van der Waals surface area contributed by atoms with Gasteiger partial charge in [0.2, 0.25) is 0 Å². The van der Waals surface area contributed by atoms with Crippen LogP contribution in [0.3, 0.4) is 0 Å². The minimum Gasteiger partial charge on any atom is -0.465 e. The van der Waals surface area contributed by atoms with Crippen LogP contribution in [-0.2, 0) is 20.1 Å². The van der Waals surface area contributed by atoms with Gasteiger partial charge in [0, 0.05) is 39.1 Å². The maximum Gasteiger partial charge on any atom is 0.269 e. The van der Waals surface area contributed by atoms with Crippen LogP contribution in [0.5, 0.6) is 0 Å². The Morgan fingerprint density at radius 3 is 2.85 bits per heavy atom. The van der Waals surface area contributed by atoms with E-state index >= 15 is 0 Å². The maximum absolute atomic E-state index is 12.3. The number of carbonyl (C=O) groups is 1. The minimum atomic E-state index is -0.102. The number of carbonyl (C=O) groups excluding carboxylic acids is 1. The number of fused-ring (bicyclic) bond motifs is 1. The molecule has 0 fully saturated rings. The molecule has 8 heteroatoms. The Hall–Kier alpha value is -2.87. The number of rotatable bonds is 6. The zero-order valence-electron chi connectivity index (χ0n) is 15.6. The molecule has 8 nitrogen and oxygen atoms in total. The van der Waals surface area contributed by atoms with Gasteiger partial charge < -0.3 is 9.73 Å². The molecule has 0 saturated heterocycles. The Morgan fingerprint density at radius 1 is 1.26 bits per heavy atom. The Morgan fingerprint density at radius 2 is 2.11 bits per heavy atom. The van der Waals surface area contributed by atoms with Crippen molar-refractivity contribution in [1.82, 2.24) is 29.8 Å². The van der Waals surface area contributed by atoms with Gasteiger partial charge in [-0.15, -0.1) is 0 Å². The van der Waals surface area contributed by atoms with E-state index in [0.29, 0.717) is 12.2 Å². The highest BCUT2D eigenvalue weighted by Crippen LogP contribution is 2.24. The number of hydrogen-bond acceptors (Lipinski definition) is 5. The summed E-state index contributed by atoms with van der Waals surface area (Å²) in [5.74, 6) is 1.81. The van der Waals surface area contributed by atoms with Crippen molar-refractivity contribution in [3.63, 3.8) is 0 Å². The Balaban J connectivity index is 1.38. The molecule has 0 bridgehead atoms. The van der Waals surface area contributed by atoms with Gasteiger partial charge >= 0.3 is 0 Å². The first-order chi connectivity index (χ1) is 13.1. The van der Waals surface area contributed by atoms with E-state index in [0.717, 1.165) is 37.6 Å². The lowest BCUT2D eigenvalue weighted by Crippen LogP contribution is -2.39. The maximum atomic E-state index is 12.3. The lowest BCUT2D eigenvalue weighted by molar-refractivity contribution is 0.0937. The molecule has 27 heavy (non-hydrogen) atoms. The number of aryl methyl sites for hydroxylation is 2. The van der Waals surface area contributed by atoms with Crippen LogP contribution < -0.4 is 5.32 Å². The second-order valence-corrected chi connectivity index (χ2v) is 6.99. The van der Waals surface area contributed by atoms with Crippen molar-refractivity contribution in [3.05, 3.63) is 59.6 Å². The first-order valence-corrected chi connectivity index (χ1v) is 9.16. The summed E-state index contributed by atoms with van der Waals surface area (Å²) in [5.41, 5.74) is 1.75. The van der Waals surface area contributed by atoms with Gasteiger partial charge in [-0.2, -0.15) is 10.2 Å². The molecule has 1 aliphatic heterocycles. The van der Waals surface area contributed by atoms with E-state index in [4.69, 9.17) is 4.42 Å². The number of aromatic nitrogens is 4. The van der Waals surface area contributed by atoms with Crippen LogP contribution in [0.1, 0.15) is 40.2 Å². The quantitative estimate of drug-likeness (QED) is 0.719. The van der Waals surface area contributed by atoms with E-state index in [9.17, 15) is 4.79 Å². The lowest BCUT2D eigenvalue weighted by atomic mass is 10.1. The van der Waals surface area contributed by atoms with Crippen molar-refractivity contribution in [2.24, 2.45) is 7.05 Å². The van der Waals surface area contributed by atoms with Crippen LogP contribution >= 0.6 is 0 Å². The smallest absolute Gasteiger partial charge is 0.269 e. The number of amides is 1. The van der Waals surface area contributed by atoms with E-state index in [-0.39, 0.29) is 11.9 Å². The molecule has 3 aromatic heterocycles. The predicted octanol–water partition coefficient (Wildman–Crippen LogP) is 1.90. The average molecular weight is 368 g/mol. The van der Waals surface area contributed by atoms with E-state index in [1.54, 1.807) is 24.0 Å². The molecule has 1 atom stereocenters. The van der Waals surface area contributed by atoms with Gasteiger partial charge in [0.1, 0.15) is 17.2 Å². The zero-order valence-corrected chi connectivity index (χ0v) is 15.6. The fraction of sp³-hybridized carbons (Fsp3) is 0.421. The van der Waals surface area contributed by atoms with Crippen LogP contribution in [0, 0.1) is 6.92 Å². The molecule has 0 radical (unpaired) electrons.